The van der Waals surface area contributed by atoms with Crippen molar-refractivity contribution in [3.8, 4) is 0 Å². The van der Waals surface area contributed by atoms with Gasteiger partial charge in [0, 0.05) is 60.1 Å². The van der Waals surface area contributed by atoms with Crippen LogP contribution in [-0.2, 0) is 4.79 Å². The van der Waals surface area contributed by atoms with Gasteiger partial charge in [0.05, 0.1) is 5.69 Å². The summed E-state index contributed by atoms with van der Waals surface area (Å²) in [5.41, 5.74) is 4.87. The lowest BCUT2D eigenvalue weighted by molar-refractivity contribution is -0.111. The molecule has 1 aliphatic rings. The summed E-state index contributed by atoms with van der Waals surface area (Å²) in [5.74, 6) is 0.283. The van der Waals surface area contributed by atoms with Crippen LogP contribution in [0, 0.1) is 0 Å². The molecular formula is C26H24ClN5O. The number of nitrogens with one attached hydrogen (secondary N) is 1. The number of aromatic nitrogens is 1. The topological polar surface area (TPSA) is 54.9 Å². The van der Waals surface area contributed by atoms with Crippen molar-refractivity contribution in [3.05, 3.63) is 89.6 Å². The highest BCUT2D eigenvalue weighted by atomic mass is 35.5. The molecule has 33 heavy (non-hydrogen) atoms. The van der Waals surface area contributed by atoms with Gasteiger partial charge in [-0.25, -0.2) is 5.01 Å². The second-order valence-corrected chi connectivity index (χ2v) is 8.68. The van der Waals surface area contributed by atoms with Crippen molar-refractivity contribution < 1.29 is 4.79 Å². The predicted molar refractivity (Wildman–Crippen MR) is 136 cm³/mol. The van der Waals surface area contributed by atoms with E-state index >= 15 is 0 Å². The summed E-state index contributed by atoms with van der Waals surface area (Å²) in [4.78, 5) is 20.2. The molecule has 7 heteroatoms. The van der Waals surface area contributed by atoms with Gasteiger partial charge in [0.15, 0.2) is 17.8 Å². The zero-order valence-corrected chi connectivity index (χ0v) is 19.4. The first-order valence-electron chi connectivity index (χ1n) is 10.7. The molecule has 0 bridgehead atoms. The lowest BCUT2D eigenvalue weighted by atomic mass is 10.1. The van der Waals surface area contributed by atoms with Crippen LogP contribution in [0.3, 0.4) is 0 Å². The summed E-state index contributed by atoms with van der Waals surface area (Å²) in [6.45, 7) is 1.55. The minimum atomic E-state index is -0.355. The maximum Gasteiger partial charge on any atom is 0.198 e. The van der Waals surface area contributed by atoms with E-state index in [9.17, 15) is 4.79 Å². The Bertz CT molecular complexity index is 1340. The fourth-order valence-electron chi connectivity index (χ4n) is 4.22. The number of carbonyl (C=O) groups is 1. The number of ketones is 1. The van der Waals surface area contributed by atoms with Gasteiger partial charge in [0.1, 0.15) is 0 Å². The molecule has 6 nitrogen and oxygen atoms in total. The van der Waals surface area contributed by atoms with E-state index < -0.39 is 0 Å². The number of halogens is 1. The molecule has 2 heterocycles. The van der Waals surface area contributed by atoms with Crippen molar-refractivity contribution >= 4 is 51.2 Å². The smallest absolute Gasteiger partial charge is 0.198 e. The summed E-state index contributed by atoms with van der Waals surface area (Å²) < 4.78 is 0. The normalized spacial score (nSPS) is 15.8. The van der Waals surface area contributed by atoms with E-state index in [1.54, 1.807) is 6.92 Å². The number of nitrogens with zero attached hydrogens (tertiary/aromatic N) is 4. The molecule has 0 fully saturated rings. The Hall–Kier alpha value is -3.77. The highest BCUT2D eigenvalue weighted by Crippen LogP contribution is 2.41. The molecule has 3 aromatic carbocycles. The minimum absolute atomic E-state index is 0.104. The number of H-pyrrole nitrogens is 1. The third-order valence-corrected chi connectivity index (χ3v) is 6.11. The fraction of sp³-hybridized carbons (Fsp3) is 0.154. The van der Waals surface area contributed by atoms with Crippen molar-refractivity contribution in [2.24, 2.45) is 5.10 Å². The third kappa shape index (κ3) is 3.72. The quantitative estimate of drug-likeness (QED) is 0.410. The average molecular weight is 458 g/mol. The third-order valence-electron chi connectivity index (χ3n) is 5.86. The molecule has 0 unspecified atom stereocenters. The molecule has 0 radical (unpaired) electrons. The number of benzene rings is 3. The Balaban J connectivity index is 1.71. The Labute approximate surface area is 197 Å². The van der Waals surface area contributed by atoms with E-state index in [2.05, 4.69) is 11.1 Å². The van der Waals surface area contributed by atoms with E-state index in [-0.39, 0.29) is 11.9 Å². The van der Waals surface area contributed by atoms with Gasteiger partial charge < -0.3 is 9.88 Å². The fourth-order valence-corrected chi connectivity index (χ4v) is 4.34. The van der Waals surface area contributed by atoms with E-state index in [0.29, 0.717) is 10.9 Å². The van der Waals surface area contributed by atoms with Gasteiger partial charge in [0.2, 0.25) is 0 Å². The molecule has 1 atom stereocenters. The van der Waals surface area contributed by atoms with Crippen LogP contribution in [0.15, 0.2) is 84.1 Å². The number of fused-ring (bicyclic) bond motifs is 1. The monoisotopic (exact) mass is 457 g/mol. The zero-order valence-electron chi connectivity index (χ0n) is 18.7. The van der Waals surface area contributed by atoms with Gasteiger partial charge in [0.25, 0.3) is 0 Å². The van der Waals surface area contributed by atoms with E-state index in [0.717, 1.165) is 33.5 Å². The largest absolute Gasteiger partial charge is 0.378 e. The Morgan fingerprint density at radius 2 is 1.64 bits per heavy atom. The molecule has 1 aromatic heterocycles. The van der Waals surface area contributed by atoms with Crippen molar-refractivity contribution in [3.63, 3.8) is 0 Å². The van der Waals surface area contributed by atoms with E-state index in [1.807, 2.05) is 102 Å². The van der Waals surface area contributed by atoms with Gasteiger partial charge in [-0.1, -0.05) is 29.8 Å². The number of anilines is 3. The summed E-state index contributed by atoms with van der Waals surface area (Å²) in [6, 6.07) is 23.8. The zero-order chi connectivity index (χ0) is 23.1. The first kappa shape index (κ1) is 21.1. The molecule has 0 saturated carbocycles. The van der Waals surface area contributed by atoms with Crippen LogP contribution >= 0.6 is 11.6 Å². The second kappa shape index (κ2) is 8.30. The van der Waals surface area contributed by atoms with Crippen molar-refractivity contribution in [1.82, 2.24) is 4.98 Å². The molecule has 166 valence electrons. The van der Waals surface area contributed by atoms with Gasteiger partial charge in [-0.15, -0.1) is 5.10 Å². The predicted octanol–water partition coefficient (Wildman–Crippen LogP) is 5.82. The SMILES string of the molecule is CC(=O)C1=NN(c2ccc(Cl)cc2)[C@@H](c2c[nH]c3ccccc23)N1c1ccc(N(C)C)cc1. The van der Waals surface area contributed by atoms with Gasteiger partial charge in [-0.05, 0) is 54.6 Å². The summed E-state index contributed by atoms with van der Waals surface area (Å²) in [6.07, 6.45) is 1.64. The number of carbonyl (C=O) groups excluding carboxylic acids is 1. The number of hydrogen-bond acceptors (Lipinski definition) is 5. The highest BCUT2D eigenvalue weighted by molar-refractivity contribution is 6.44. The molecule has 1 aliphatic heterocycles. The van der Waals surface area contributed by atoms with Crippen molar-refractivity contribution in [2.45, 2.75) is 13.1 Å². The number of Topliss-reactive ketones (excluding diaryl/α,β-unsaturated/α-hetero) is 1. The average Bonchev–Trinajstić information content (AvgIpc) is 3.41. The van der Waals surface area contributed by atoms with Crippen LogP contribution in [0.2, 0.25) is 5.02 Å². The molecule has 0 spiro atoms. The lowest BCUT2D eigenvalue weighted by Crippen LogP contribution is -2.37. The molecule has 4 aromatic rings. The molecular weight excluding hydrogens is 434 g/mol. The number of amidine groups is 1. The number of rotatable bonds is 5. The van der Waals surface area contributed by atoms with E-state index in [4.69, 9.17) is 16.7 Å². The number of hydrogen-bond donors (Lipinski definition) is 1. The Kier molecular flexibility index (Phi) is 5.30. The van der Waals surface area contributed by atoms with Crippen LogP contribution in [0.25, 0.3) is 10.9 Å². The first-order valence-corrected chi connectivity index (χ1v) is 11.1. The Morgan fingerprint density at radius 1 is 0.970 bits per heavy atom. The maximum atomic E-state index is 12.8. The number of hydrazone groups is 1. The van der Waals surface area contributed by atoms with Crippen LogP contribution in [-0.4, -0.2) is 30.7 Å². The van der Waals surface area contributed by atoms with Crippen LogP contribution in [0.5, 0.6) is 0 Å². The van der Waals surface area contributed by atoms with Gasteiger partial charge >= 0.3 is 0 Å². The van der Waals surface area contributed by atoms with Gasteiger partial charge in [-0.2, -0.15) is 0 Å². The van der Waals surface area contributed by atoms with Crippen LogP contribution in [0.4, 0.5) is 17.1 Å². The Morgan fingerprint density at radius 3 is 2.30 bits per heavy atom. The summed E-state index contributed by atoms with van der Waals surface area (Å²) >= 11 is 6.15. The molecule has 1 N–H and O–H groups in total. The summed E-state index contributed by atoms with van der Waals surface area (Å²) in [7, 11) is 4.01. The molecule has 0 saturated heterocycles. The van der Waals surface area contributed by atoms with Crippen molar-refractivity contribution in [1.29, 1.82) is 0 Å². The minimum Gasteiger partial charge on any atom is -0.378 e. The molecule has 0 aliphatic carbocycles. The van der Waals surface area contributed by atoms with Crippen LogP contribution < -0.4 is 14.8 Å². The summed E-state index contributed by atoms with van der Waals surface area (Å²) in [5, 5.41) is 8.42. The van der Waals surface area contributed by atoms with Crippen molar-refractivity contribution in [2.75, 3.05) is 28.9 Å². The highest BCUT2D eigenvalue weighted by Gasteiger charge is 2.40. The second-order valence-electron chi connectivity index (χ2n) is 8.24. The van der Waals surface area contributed by atoms with Gasteiger partial charge in [-0.3, -0.25) is 9.69 Å². The molecule has 5 rings (SSSR count). The number of para-hydroxylation sites is 1. The molecule has 0 amide bonds. The maximum absolute atomic E-state index is 12.8. The standard InChI is InChI=1S/C26H24ClN5O/c1-17(33)25-29-32(21-10-8-18(27)9-11-21)26(23-16-28-24-7-5-4-6-22(23)24)31(25)20-14-12-19(13-15-20)30(2)3/h4-16,26,28H,1-3H3/t26-/m0/s1. The van der Waals surface area contributed by atoms with E-state index in [1.165, 1.54) is 0 Å². The van der Waals surface area contributed by atoms with Crippen LogP contribution in [0.1, 0.15) is 18.7 Å². The first-order chi connectivity index (χ1) is 15.9. The lowest BCUT2D eigenvalue weighted by Gasteiger charge is -2.32. The number of aromatic amines is 1.